The summed E-state index contributed by atoms with van der Waals surface area (Å²) in [6.45, 7) is 6.58. The molecule has 1 N–H and O–H groups in total. The number of unbranched alkanes of at least 4 members (excludes halogenated alkanes) is 2. The van der Waals surface area contributed by atoms with Crippen LogP contribution < -0.4 is 0 Å². The number of allylic oxidation sites excluding steroid dienone is 6. The average molecular weight is 293 g/mol. The molecule has 0 aromatic rings. The summed E-state index contributed by atoms with van der Waals surface area (Å²) in [5.74, 6) is 0.236. The highest BCUT2D eigenvalue weighted by Gasteiger charge is 2.08. The van der Waals surface area contributed by atoms with Crippen LogP contribution in [-0.4, -0.2) is 42.0 Å². The van der Waals surface area contributed by atoms with Gasteiger partial charge in [-0.1, -0.05) is 56.2 Å². The number of ketones is 1. The Hall–Kier alpha value is -1.19. The Morgan fingerprint density at radius 1 is 1.05 bits per heavy atom. The van der Waals surface area contributed by atoms with Gasteiger partial charge in [-0.2, -0.15) is 0 Å². The molecule has 0 saturated carbocycles. The molecule has 0 heterocycles. The average Bonchev–Trinajstić information content (AvgIpc) is 2.48. The van der Waals surface area contributed by atoms with Crippen LogP contribution in [0.15, 0.2) is 36.5 Å². The highest BCUT2D eigenvalue weighted by Crippen LogP contribution is 2.01. The Morgan fingerprint density at radius 3 is 2.43 bits per heavy atom. The van der Waals surface area contributed by atoms with Crippen LogP contribution in [0.5, 0.6) is 0 Å². The maximum atomic E-state index is 11.9. The number of carbonyl (C=O) groups is 1. The largest absolute Gasteiger partial charge is 0.396 e. The van der Waals surface area contributed by atoms with Crippen LogP contribution in [0.2, 0.25) is 0 Å². The summed E-state index contributed by atoms with van der Waals surface area (Å²) in [4.78, 5) is 14.1. The van der Waals surface area contributed by atoms with Gasteiger partial charge in [0.05, 0.1) is 6.54 Å². The van der Waals surface area contributed by atoms with E-state index in [1.165, 1.54) is 12.8 Å². The van der Waals surface area contributed by atoms with Crippen LogP contribution in [0.4, 0.5) is 0 Å². The van der Waals surface area contributed by atoms with Gasteiger partial charge in [0.15, 0.2) is 5.78 Å². The summed E-state index contributed by atoms with van der Waals surface area (Å²) >= 11 is 0. The Kier molecular flexibility index (Phi) is 14.3. The summed E-state index contributed by atoms with van der Waals surface area (Å²) in [5, 5.41) is 8.93. The number of Topliss-reactive ketones (excluding diaryl/α,β-unsaturated/α-hetero) is 1. The monoisotopic (exact) mass is 293 g/mol. The van der Waals surface area contributed by atoms with E-state index in [1.54, 1.807) is 0 Å². The van der Waals surface area contributed by atoms with E-state index in [1.807, 2.05) is 43.4 Å². The number of aliphatic hydroxyl groups is 1. The fourth-order valence-corrected chi connectivity index (χ4v) is 1.98. The predicted molar refractivity (Wildman–Crippen MR) is 90.4 cm³/mol. The number of carbonyl (C=O) groups excluding carboxylic acids is 1. The van der Waals surface area contributed by atoms with Crippen LogP contribution in [0.3, 0.4) is 0 Å². The molecule has 0 bridgehead atoms. The quantitative estimate of drug-likeness (QED) is 0.417. The van der Waals surface area contributed by atoms with E-state index < -0.39 is 0 Å². The SMILES string of the molecule is C/C=C/C=C\C=C\CC(=O)CN(CCCO)CCCCC. The maximum Gasteiger partial charge on any atom is 0.150 e. The van der Waals surface area contributed by atoms with Crippen molar-refractivity contribution >= 4 is 5.78 Å². The number of nitrogens with zero attached hydrogens (tertiary/aromatic N) is 1. The topological polar surface area (TPSA) is 40.5 Å². The highest BCUT2D eigenvalue weighted by molar-refractivity contribution is 5.81. The first-order valence-corrected chi connectivity index (χ1v) is 8.04. The lowest BCUT2D eigenvalue weighted by Gasteiger charge is -2.20. The minimum absolute atomic E-state index is 0.189. The minimum Gasteiger partial charge on any atom is -0.396 e. The van der Waals surface area contributed by atoms with Crippen molar-refractivity contribution in [1.82, 2.24) is 4.90 Å². The third-order valence-electron chi connectivity index (χ3n) is 3.12. The molecule has 0 aromatic heterocycles. The number of rotatable bonds is 13. The van der Waals surface area contributed by atoms with Crippen molar-refractivity contribution in [3.8, 4) is 0 Å². The lowest BCUT2D eigenvalue weighted by atomic mass is 10.2. The van der Waals surface area contributed by atoms with Gasteiger partial charge in [0.25, 0.3) is 0 Å². The standard InChI is InChI=1S/C18H31NO2/c1-3-5-7-8-9-10-13-18(21)17-19(15-12-16-20)14-11-6-4-2/h3,5,7-10,20H,4,6,11-17H2,1-2H3/b5-3+,8-7-,10-9+. The molecule has 0 aliphatic carbocycles. The number of hydrogen-bond donors (Lipinski definition) is 1. The predicted octanol–water partition coefficient (Wildman–Crippen LogP) is 3.51. The first-order valence-electron chi connectivity index (χ1n) is 8.04. The van der Waals surface area contributed by atoms with Crippen molar-refractivity contribution in [2.45, 2.75) is 46.0 Å². The molecule has 0 radical (unpaired) electrons. The molecule has 0 aliphatic heterocycles. The second kappa shape index (κ2) is 15.2. The first-order chi connectivity index (χ1) is 10.2. The van der Waals surface area contributed by atoms with Gasteiger partial charge in [-0.15, -0.1) is 0 Å². The molecule has 0 rings (SSSR count). The molecule has 3 heteroatoms. The summed E-state index contributed by atoms with van der Waals surface area (Å²) in [5.41, 5.74) is 0. The smallest absolute Gasteiger partial charge is 0.150 e. The molecule has 0 unspecified atom stereocenters. The third-order valence-corrected chi connectivity index (χ3v) is 3.12. The van der Waals surface area contributed by atoms with Crippen LogP contribution >= 0.6 is 0 Å². The third kappa shape index (κ3) is 13.5. The van der Waals surface area contributed by atoms with Crippen LogP contribution in [0, 0.1) is 0 Å². The Labute approximate surface area is 130 Å². The van der Waals surface area contributed by atoms with Crippen molar-refractivity contribution in [3.05, 3.63) is 36.5 Å². The summed E-state index contributed by atoms with van der Waals surface area (Å²) in [6.07, 6.45) is 16.3. The fourth-order valence-electron chi connectivity index (χ4n) is 1.98. The zero-order valence-corrected chi connectivity index (χ0v) is 13.6. The van der Waals surface area contributed by atoms with Crippen LogP contribution in [0.25, 0.3) is 0 Å². The second-order valence-corrected chi connectivity index (χ2v) is 5.14. The van der Waals surface area contributed by atoms with Gasteiger partial charge in [0, 0.05) is 19.6 Å². The minimum atomic E-state index is 0.189. The van der Waals surface area contributed by atoms with E-state index in [0.717, 1.165) is 25.9 Å². The van der Waals surface area contributed by atoms with Crippen LogP contribution in [-0.2, 0) is 4.79 Å². The van der Waals surface area contributed by atoms with Gasteiger partial charge in [0.1, 0.15) is 0 Å². The van der Waals surface area contributed by atoms with E-state index in [9.17, 15) is 4.79 Å². The molecule has 0 amide bonds. The van der Waals surface area contributed by atoms with Gasteiger partial charge in [0.2, 0.25) is 0 Å². The maximum absolute atomic E-state index is 11.9. The summed E-state index contributed by atoms with van der Waals surface area (Å²) in [6, 6.07) is 0. The van der Waals surface area contributed by atoms with Gasteiger partial charge in [-0.25, -0.2) is 0 Å². The zero-order chi connectivity index (χ0) is 15.8. The molecule has 21 heavy (non-hydrogen) atoms. The highest BCUT2D eigenvalue weighted by atomic mass is 16.3. The van der Waals surface area contributed by atoms with E-state index in [-0.39, 0.29) is 12.4 Å². The normalized spacial score (nSPS) is 12.4. The molecule has 120 valence electrons. The first kappa shape index (κ1) is 19.8. The molecular formula is C18H31NO2. The lowest BCUT2D eigenvalue weighted by Crippen LogP contribution is -2.32. The van der Waals surface area contributed by atoms with Crippen LogP contribution in [0.1, 0.15) is 46.0 Å². The molecule has 0 saturated heterocycles. The number of aliphatic hydroxyl groups excluding tert-OH is 1. The van der Waals surface area contributed by atoms with Crippen molar-refractivity contribution in [1.29, 1.82) is 0 Å². The number of hydrogen-bond acceptors (Lipinski definition) is 3. The van der Waals surface area contributed by atoms with E-state index in [4.69, 9.17) is 5.11 Å². The van der Waals surface area contributed by atoms with Gasteiger partial charge in [-0.05, 0) is 26.3 Å². The van der Waals surface area contributed by atoms with E-state index in [2.05, 4.69) is 11.8 Å². The van der Waals surface area contributed by atoms with Crippen molar-refractivity contribution in [2.24, 2.45) is 0 Å². The van der Waals surface area contributed by atoms with E-state index >= 15 is 0 Å². The summed E-state index contributed by atoms with van der Waals surface area (Å²) < 4.78 is 0. The molecule has 0 aromatic carbocycles. The van der Waals surface area contributed by atoms with Gasteiger partial charge in [-0.3, -0.25) is 9.69 Å². The van der Waals surface area contributed by atoms with Crippen molar-refractivity contribution < 1.29 is 9.90 Å². The molecule has 0 fully saturated rings. The van der Waals surface area contributed by atoms with Gasteiger partial charge >= 0.3 is 0 Å². The summed E-state index contributed by atoms with van der Waals surface area (Å²) in [7, 11) is 0. The Bertz CT molecular complexity index is 332. The fraction of sp³-hybridized carbons (Fsp3) is 0.611. The van der Waals surface area contributed by atoms with Gasteiger partial charge < -0.3 is 5.11 Å². The molecule has 0 aliphatic rings. The molecule has 0 spiro atoms. The van der Waals surface area contributed by atoms with Crippen molar-refractivity contribution in [2.75, 3.05) is 26.2 Å². The lowest BCUT2D eigenvalue weighted by molar-refractivity contribution is -0.119. The Morgan fingerprint density at radius 2 is 1.76 bits per heavy atom. The molecule has 0 atom stereocenters. The second-order valence-electron chi connectivity index (χ2n) is 5.14. The van der Waals surface area contributed by atoms with Crippen molar-refractivity contribution in [3.63, 3.8) is 0 Å². The molecule has 3 nitrogen and oxygen atoms in total. The molecular weight excluding hydrogens is 262 g/mol. The zero-order valence-electron chi connectivity index (χ0n) is 13.6. The Balaban J connectivity index is 4.06. The van der Waals surface area contributed by atoms with E-state index in [0.29, 0.717) is 13.0 Å².